The second-order valence-electron chi connectivity index (χ2n) is 3.61. The van der Waals surface area contributed by atoms with E-state index in [1.165, 1.54) is 0 Å². The molecule has 0 N–H and O–H groups in total. The predicted molar refractivity (Wildman–Crippen MR) is 57.9 cm³/mol. The largest absolute Gasteiger partial charge is 0.311 e. The normalized spacial score (nSPS) is 19.7. The van der Waals surface area contributed by atoms with Crippen molar-refractivity contribution in [1.82, 2.24) is 0 Å². The van der Waals surface area contributed by atoms with Gasteiger partial charge in [-0.15, -0.1) is 0 Å². The van der Waals surface area contributed by atoms with E-state index in [1.807, 2.05) is 31.2 Å². The van der Waals surface area contributed by atoms with Crippen LogP contribution in [0.25, 0.3) is 0 Å². The van der Waals surface area contributed by atoms with Gasteiger partial charge in [-0.25, -0.2) is 0 Å². The van der Waals surface area contributed by atoms with Crippen molar-refractivity contribution in [3.63, 3.8) is 0 Å². The maximum absolute atomic E-state index is 10.9. The van der Waals surface area contributed by atoms with Gasteiger partial charge in [0.25, 0.3) is 0 Å². The Kier molecular flexibility index (Phi) is 2.41. The summed E-state index contributed by atoms with van der Waals surface area (Å²) < 4.78 is 0. The van der Waals surface area contributed by atoms with Crippen LogP contribution in [0.3, 0.4) is 0 Å². The van der Waals surface area contributed by atoms with Crippen molar-refractivity contribution in [3.05, 3.63) is 24.3 Å². The molecule has 0 fully saturated rings. The topological polar surface area (TPSA) is 40.6 Å². The number of hydrogen-bond acceptors (Lipinski definition) is 2. The fourth-order valence-electron chi connectivity index (χ4n) is 1.89. The highest BCUT2D eigenvalue weighted by atomic mass is 16.1. The van der Waals surface area contributed by atoms with Gasteiger partial charge in [0.05, 0.1) is 17.4 Å². The van der Waals surface area contributed by atoms with Crippen LogP contribution in [0.1, 0.15) is 6.92 Å². The molecular formula is C11H12N2O2. The molecule has 0 radical (unpaired) electrons. The van der Waals surface area contributed by atoms with Crippen LogP contribution in [0.4, 0.5) is 11.4 Å². The van der Waals surface area contributed by atoms with Gasteiger partial charge in [0.2, 0.25) is 12.8 Å². The first-order chi connectivity index (χ1) is 7.27. The quantitative estimate of drug-likeness (QED) is 0.675. The molecule has 4 nitrogen and oxygen atoms in total. The standard InChI is InChI=1S/C11H12N2O2/c1-9-6-12(7-14)10-4-2-3-5-11(10)13(9)8-15/h2-5,7-9H,6H2,1H3. The van der Waals surface area contributed by atoms with Crippen molar-refractivity contribution in [2.45, 2.75) is 13.0 Å². The van der Waals surface area contributed by atoms with Crippen molar-refractivity contribution in [2.24, 2.45) is 0 Å². The van der Waals surface area contributed by atoms with E-state index in [0.717, 1.165) is 24.2 Å². The SMILES string of the molecule is CC1CN(C=O)c2ccccc2N1C=O. The van der Waals surface area contributed by atoms with Gasteiger partial charge in [0.1, 0.15) is 0 Å². The molecule has 0 aliphatic carbocycles. The summed E-state index contributed by atoms with van der Waals surface area (Å²) in [5, 5.41) is 0. The molecule has 2 amide bonds. The van der Waals surface area contributed by atoms with E-state index >= 15 is 0 Å². The summed E-state index contributed by atoms with van der Waals surface area (Å²) >= 11 is 0. The molecule has 1 aromatic rings. The number of fused-ring (bicyclic) bond motifs is 1. The number of hydrogen-bond donors (Lipinski definition) is 0. The number of nitrogens with zero attached hydrogens (tertiary/aromatic N) is 2. The highest BCUT2D eigenvalue weighted by Gasteiger charge is 2.26. The van der Waals surface area contributed by atoms with E-state index in [-0.39, 0.29) is 6.04 Å². The molecule has 1 heterocycles. The monoisotopic (exact) mass is 204 g/mol. The van der Waals surface area contributed by atoms with Crippen LogP contribution in [0.15, 0.2) is 24.3 Å². The van der Waals surface area contributed by atoms with Crippen LogP contribution in [0.5, 0.6) is 0 Å². The van der Waals surface area contributed by atoms with E-state index in [4.69, 9.17) is 0 Å². The Bertz CT molecular complexity index is 392. The van der Waals surface area contributed by atoms with Crippen molar-refractivity contribution in [3.8, 4) is 0 Å². The van der Waals surface area contributed by atoms with Gasteiger partial charge in [0, 0.05) is 6.54 Å². The van der Waals surface area contributed by atoms with Crippen LogP contribution >= 0.6 is 0 Å². The summed E-state index contributed by atoms with van der Waals surface area (Å²) in [5.41, 5.74) is 1.58. The molecule has 1 unspecified atom stereocenters. The lowest BCUT2D eigenvalue weighted by Gasteiger charge is -2.37. The van der Waals surface area contributed by atoms with E-state index in [9.17, 15) is 9.59 Å². The van der Waals surface area contributed by atoms with Gasteiger partial charge < -0.3 is 9.80 Å². The Morgan fingerprint density at radius 3 is 2.47 bits per heavy atom. The van der Waals surface area contributed by atoms with Gasteiger partial charge in [-0.05, 0) is 19.1 Å². The zero-order chi connectivity index (χ0) is 10.8. The summed E-state index contributed by atoms with van der Waals surface area (Å²) in [6.07, 6.45) is 1.61. The van der Waals surface area contributed by atoms with Gasteiger partial charge >= 0.3 is 0 Å². The van der Waals surface area contributed by atoms with Crippen LogP contribution in [-0.4, -0.2) is 25.4 Å². The summed E-state index contributed by atoms with van der Waals surface area (Å²) in [6, 6.07) is 7.41. The molecule has 1 aliphatic heterocycles. The molecule has 1 atom stereocenters. The molecule has 0 spiro atoms. The van der Waals surface area contributed by atoms with Crippen LogP contribution in [-0.2, 0) is 9.59 Å². The zero-order valence-electron chi connectivity index (χ0n) is 8.46. The summed E-state index contributed by atoms with van der Waals surface area (Å²) in [6.45, 7) is 2.46. The van der Waals surface area contributed by atoms with E-state index in [1.54, 1.807) is 9.80 Å². The van der Waals surface area contributed by atoms with Crippen LogP contribution < -0.4 is 9.80 Å². The molecule has 4 heteroatoms. The molecule has 0 saturated carbocycles. The summed E-state index contributed by atoms with van der Waals surface area (Å²) in [5.74, 6) is 0. The predicted octanol–water partition coefficient (Wildman–Crippen LogP) is 1.01. The summed E-state index contributed by atoms with van der Waals surface area (Å²) in [4.78, 5) is 25.1. The summed E-state index contributed by atoms with van der Waals surface area (Å²) in [7, 11) is 0. The lowest BCUT2D eigenvalue weighted by atomic mass is 10.1. The Labute approximate surface area is 88.1 Å². The minimum Gasteiger partial charge on any atom is -0.311 e. The molecular weight excluding hydrogens is 192 g/mol. The number of benzene rings is 1. The first-order valence-corrected chi connectivity index (χ1v) is 4.82. The highest BCUT2D eigenvalue weighted by molar-refractivity contribution is 5.92. The maximum atomic E-state index is 10.9. The average molecular weight is 204 g/mol. The zero-order valence-corrected chi connectivity index (χ0v) is 8.46. The molecule has 1 aromatic carbocycles. The molecule has 0 saturated heterocycles. The molecule has 1 aliphatic rings. The van der Waals surface area contributed by atoms with Crippen LogP contribution in [0.2, 0.25) is 0 Å². The second-order valence-corrected chi connectivity index (χ2v) is 3.61. The average Bonchev–Trinajstić information content (AvgIpc) is 2.28. The van der Waals surface area contributed by atoms with Crippen molar-refractivity contribution in [2.75, 3.05) is 16.3 Å². The number of anilines is 2. The molecule has 0 aromatic heterocycles. The number of para-hydroxylation sites is 2. The Balaban J connectivity index is 2.52. The first-order valence-electron chi connectivity index (χ1n) is 4.82. The Morgan fingerprint density at radius 2 is 1.87 bits per heavy atom. The van der Waals surface area contributed by atoms with E-state index in [2.05, 4.69) is 0 Å². The van der Waals surface area contributed by atoms with Gasteiger partial charge in [-0.3, -0.25) is 9.59 Å². The van der Waals surface area contributed by atoms with Gasteiger partial charge in [0.15, 0.2) is 0 Å². The second kappa shape index (κ2) is 3.73. The van der Waals surface area contributed by atoms with Crippen LogP contribution in [0, 0.1) is 0 Å². The minimum atomic E-state index is 0.0163. The lowest BCUT2D eigenvalue weighted by molar-refractivity contribution is -0.109. The third-order valence-corrected chi connectivity index (χ3v) is 2.65. The number of amides is 2. The van der Waals surface area contributed by atoms with E-state index in [0.29, 0.717) is 6.54 Å². The Hall–Kier alpha value is -1.84. The van der Waals surface area contributed by atoms with Crippen molar-refractivity contribution in [1.29, 1.82) is 0 Å². The third kappa shape index (κ3) is 1.48. The fraction of sp³-hybridized carbons (Fsp3) is 0.273. The van der Waals surface area contributed by atoms with Gasteiger partial charge in [-0.1, -0.05) is 12.1 Å². The van der Waals surface area contributed by atoms with E-state index < -0.39 is 0 Å². The number of rotatable bonds is 2. The molecule has 15 heavy (non-hydrogen) atoms. The first kappa shape index (κ1) is 9.71. The lowest BCUT2D eigenvalue weighted by Crippen LogP contribution is -2.46. The molecule has 78 valence electrons. The van der Waals surface area contributed by atoms with Gasteiger partial charge in [-0.2, -0.15) is 0 Å². The minimum absolute atomic E-state index is 0.0163. The smallest absolute Gasteiger partial charge is 0.214 e. The highest BCUT2D eigenvalue weighted by Crippen LogP contribution is 2.33. The maximum Gasteiger partial charge on any atom is 0.214 e. The Morgan fingerprint density at radius 1 is 1.20 bits per heavy atom. The van der Waals surface area contributed by atoms with Crippen molar-refractivity contribution >= 4 is 24.2 Å². The number of carbonyl (C=O) groups excluding carboxylic acids is 2. The fourth-order valence-corrected chi connectivity index (χ4v) is 1.89. The number of carbonyl (C=O) groups is 2. The third-order valence-electron chi connectivity index (χ3n) is 2.65. The van der Waals surface area contributed by atoms with Crippen molar-refractivity contribution < 1.29 is 9.59 Å². The molecule has 0 bridgehead atoms. The molecule has 2 rings (SSSR count).